The first-order valence-electron chi connectivity index (χ1n) is 17.5. The molecule has 0 saturated heterocycles. The standard InChI is InChI=1S/C41H60N2O.C2H6/c1-12-15-36(13-2)19-18-30(5)38-17-14-16-34(9)43-41(27-37-20-22-40(44-11)23-21-37)35(10)42-28-33(8)31(6)25-39(24-29(3)4)32(7)26-38;1-2/h12-16,18-23,29-30,33,38-39,41-43H,6-7,9-10,17,24-28H2,1-5,8,11H3;1-2H3/b15-12-,16-14+,19-18+,36-13+;/t30?,33?,38-,39?,41-;/m1./s1. The van der Waals surface area contributed by atoms with Gasteiger partial charge in [-0.3, -0.25) is 0 Å². The number of hydrogen-bond acceptors (Lipinski definition) is 3. The van der Waals surface area contributed by atoms with E-state index in [4.69, 9.17) is 11.3 Å². The van der Waals surface area contributed by atoms with Gasteiger partial charge in [0, 0.05) is 17.9 Å². The second kappa shape index (κ2) is 22.1. The summed E-state index contributed by atoms with van der Waals surface area (Å²) in [6, 6.07) is 8.25. The van der Waals surface area contributed by atoms with Crippen molar-refractivity contribution in [1.82, 2.24) is 10.6 Å². The Morgan fingerprint density at radius 2 is 1.65 bits per heavy atom. The fraction of sp³-hybridized carbons (Fsp3) is 0.488. The van der Waals surface area contributed by atoms with Crippen molar-refractivity contribution in [2.75, 3.05) is 13.7 Å². The Morgan fingerprint density at radius 1 is 0.978 bits per heavy atom. The molecule has 0 aromatic heterocycles. The van der Waals surface area contributed by atoms with Gasteiger partial charge in [0.25, 0.3) is 0 Å². The van der Waals surface area contributed by atoms with Crippen molar-refractivity contribution in [3.8, 4) is 5.75 Å². The monoisotopic (exact) mass is 627 g/mol. The van der Waals surface area contributed by atoms with Crippen LogP contribution in [0.5, 0.6) is 5.75 Å². The highest BCUT2D eigenvalue weighted by Gasteiger charge is 2.24. The van der Waals surface area contributed by atoms with Crippen molar-refractivity contribution in [2.45, 2.75) is 93.5 Å². The molecule has 0 bridgehead atoms. The Labute approximate surface area is 284 Å². The molecule has 3 heteroatoms. The van der Waals surface area contributed by atoms with Gasteiger partial charge in [-0.1, -0.05) is 128 Å². The average molecular weight is 627 g/mol. The van der Waals surface area contributed by atoms with Crippen molar-refractivity contribution in [3.05, 3.63) is 127 Å². The summed E-state index contributed by atoms with van der Waals surface area (Å²) in [4.78, 5) is 0. The smallest absolute Gasteiger partial charge is 0.118 e. The summed E-state index contributed by atoms with van der Waals surface area (Å²) < 4.78 is 5.36. The fourth-order valence-electron chi connectivity index (χ4n) is 5.80. The normalized spacial score (nSPS) is 23.9. The SMILES string of the molecule is C=C1/C=C/C[C@@H](C(C)/C=C/C(/C=C\C)=C/C)CC(=C)C(CC(C)C)CC(=C)C(C)CNC(=C)[C@@H](Cc2ccc(OC)cc2)N1.CC. The molecule has 0 amide bonds. The molecule has 1 aromatic carbocycles. The molecule has 0 saturated carbocycles. The first kappa shape index (κ1) is 40.6. The van der Waals surface area contributed by atoms with Gasteiger partial charge in [0.2, 0.25) is 0 Å². The number of benzene rings is 1. The first-order valence-corrected chi connectivity index (χ1v) is 17.5. The molecule has 254 valence electrons. The first-order chi connectivity index (χ1) is 22.0. The van der Waals surface area contributed by atoms with Gasteiger partial charge in [0.15, 0.2) is 0 Å². The van der Waals surface area contributed by atoms with E-state index in [1.165, 1.54) is 22.3 Å². The maximum atomic E-state index is 5.36. The number of ether oxygens (including phenoxy) is 1. The Bertz CT molecular complexity index is 1210. The fourth-order valence-corrected chi connectivity index (χ4v) is 5.80. The third kappa shape index (κ3) is 14.8. The van der Waals surface area contributed by atoms with Crippen LogP contribution in [-0.2, 0) is 6.42 Å². The van der Waals surface area contributed by atoms with Crippen LogP contribution in [0, 0.1) is 29.6 Å². The van der Waals surface area contributed by atoms with Crippen LogP contribution in [0.4, 0.5) is 0 Å². The molecule has 1 heterocycles. The number of hydrogen-bond donors (Lipinski definition) is 2. The zero-order chi connectivity index (χ0) is 34.6. The lowest BCUT2D eigenvalue weighted by atomic mass is 9.77. The van der Waals surface area contributed by atoms with Crippen LogP contribution in [0.1, 0.15) is 86.6 Å². The van der Waals surface area contributed by atoms with Crippen LogP contribution in [0.2, 0.25) is 0 Å². The Morgan fingerprint density at radius 3 is 2.24 bits per heavy atom. The van der Waals surface area contributed by atoms with Crippen LogP contribution in [-0.4, -0.2) is 19.7 Å². The number of nitrogens with one attached hydrogen (secondary N) is 2. The van der Waals surface area contributed by atoms with Gasteiger partial charge in [0.05, 0.1) is 13.2 Å². The molecule has 0 aliphatic carbocycles. The van der Waals surface area contributed by atoms with Crippen LogP contribution >= 0.6 is 0 Å². The van der Waals surface area contributed by atoms with Crippen molar-refractivity contribution >= 4 is 0 Å². The predicted octanol–water partition coefficient (Wildman–Crippen LogP) is 11.3. The molecule has 0 radical (unpaired) electrons. The van der Waals surface area contributed by atoms with E-state index in [-0.39, 0.29) is 6.04 Å². The van der Waals surface area contributed by atoms with Crippen LogP contribution < -0.4 is 15.4 Å². The van der Waals surface area contributed by atoms with Gasteiger partial charge in [0.1, 0.15) is 5.75 Å². The van der Waals surface area contributed by atoms with Gasteiger partial charge in [-0.25, -0.2) is 0 Å². The summed E-state index contributed by atoms with van der Waals surface area (Å²) in [7, 11) is 1.70. The molecule has 2 N–H and O–H groups in total. The van der Waals surface area contributed by atoms with Crippen LogP contribution in [0.25, 0.3) is 0 Å². The Kier molecular flexibility index (Phi) is 19.5. The van der Waals surface area contributed by atoms with Gasteiger partial charge in [-0.15, -0.1) is 0 Å². The molecule has 0 fully saturated rings. The van der Waals surface area contributed by atoms with Crippen molar-refractivity contribution in [2.24, 2.45) is 29.6 Å². The van der Waals surface area contributed by atoms with E-state index in [2.05, 4.69) is 127 Å². The summed E-state index contributed by atoms with van der Waals surface area (Å²) in [6.07, 6.45) is 20.3. The van der Waals surface area contributed by atoms with Crippen molar-refractivity contribution in [1.29, 1.82) is 0 Å². The molecule has 2 rings (SSSR count). The third-order valence-electron chi connectivity index (χ3n) is 8.86. The Balaban J connectivity index is 0.00000518. The molecule has 46 heavy (non-hydrogen) atoms. The van der Waals surface area contributed by atoms with Crippen molar-refractivity contribution < 1.29 is 4.74 Å². The lowest BCUT2D eigenvalue weighted by molar-refractivity contribution is 0.374. The van der Waals surface area contributed by atoms with E-state index in [0.717, 1.165) is 55.8 Å². The van der Waals surface area contributed by atoms with Crippen LogP contribution in [0.15, 0.2) is 121 Å². The van der Waals surface area contributed by atoms with E-state index in [1.807, 2.05) is 26.0 Å². The number of allylic oxidation sites excluding steroid dienone is 9. The summed E-state index contributed by atoms with van der Waals surface area (Å²) in [6.45, 7) is 36.3. The largest absolute Gasteiger partial charge is 0.497 e. The second-order valence-electron chi connectivity index (χ2n) is 13.0. The summed E-state index contributed by atoms with van der Waals surface area (Å²) in [5, 5.41) is 7.29. The number of rotatable bonds is 9. The van der Waals surface area contributed by atoms with E-state index in [1.54, 1.807) is 7.11 Å². The molecule has 1 aliphatic rings. The summed E-state index contributed by atoms with van der Waals surface area (Å²) in [5.41, 5.74) is 6.93. The second-order valence-corrected chi connectivity index (χ2v) is 13.0. The maximum Gasteiger partial charge on any atom is 0.118 e. The van der Waals surface area contributed by atoms with E-state index >= 15 is 0 Å². The highest BCUT2D eigenvalue weighted by Crippen LogP contribution is 2.35. The molecule has 1 aromatic rings. The molecule has 0 spiro atoms. The predicted molar refractivity (Wildman–Crippen MR) is 205 cm³/mol. The van der Waals surface area contributed by atoms with Gasteiger partial charge >= 0.3 is 0 Å². The van der Waals surface area contributed by atoms with Gasteiger partial charge < -0.3 is 15.4 Å². The highest BCUT2D eigenvalue weighted by molar-refractivity contribution is 5.31. The topological polar surface area (TPSA) is 33.3 Å². The molecule has 1 aliphatic heterocycles. The Hall–Kier alpha value is -3.46. The van der Waals surface area contributed by atoms with E-state index < -0.39 is 0 Å². The van der Waals surface area contributed by atoms with Gasteiger partial charge in [-0.05, 0) is 105 Å². The molecular formula is C43H66N2O. The maximum absolute atomic E-state index is 5.36. The van der Waals surface area contributed by atoms with Crippen molar-refractivity contribution in [3.63, 3.8) is 0 Å². The minimum Gasteiger partial charge on any atom is -0.497 e. The summed E-state index contributed by atoms with van der Waals surface area (Å²) >= 11 is 0. The van der Waals surface area contributed by atoms with E-state index in [0.29, 0.717) is 29.6 Å². The molecular weight excluding hydrogens is 560 g/mol. The minimum atomic E-state index is -0.00842. The highest BCUT2D eigenvalue weighted by atomic mass is 16.5. The zero-order valence-corrected chi connectivity index (χ0v) is 30.8. The quantitative estimate of drug-likeness (QED) is 0.211. The lowest BCUT2D eigenvalue weighted by Crippen LogP contribution is -2.38. The zero-order valence-electron chi connectivity index (χ0n) is 30.8. The molecule has 5 atom stereocenters. The van der Waals surface area contributed by atoms with Gasteiger partial charge in [-0.2, -0.15) is 0 Å². The lowest BCUT2D eigenvalue weighted by Gasteiger charge is -2.30. The third-order valence-corrected chi connectivity index (χ3v) is 8.86. The number of methoxy groups -OCH3 is 1. The molecule has 3 unspecified atom stereocenters. The summed E-state index contributed by atoms with van der Waals surface area (Å²) in [5.74, 6) is 3.03. The minimum absolute atomic E-state index is 0.00842. The molecule has 3 nitrogen and oxygen atoms in total. The van der Waals surface area contributed by atoms with E-state index in [9.17, 15) is 0 Å². The van der Waals surface area contributed by atoms with Crippen LogP contribution in [0.3, 0.4) is 0 Å². The average Bonchev–Trinajstić information content (AvgIpc) is 3.04.